The first-order chi connectivity index (χ1) is 14.2. The molecule has 1 aromatic carbocycles. The van der Waals surface area contributed by atoms with E-state index in [2.05, 4.69) is 10.4 Å². The summed E-state index contributed by atoms with van der Waals surface area (Å²) in [7, 11) is 0. The van der Waals surface area contributed by atoms with E-state index in [1.807, 2.05) is 69.8 Å². The first-order valence-electron chi connectivity index (χ1n) is 9.90. The summed E-state index contributed by atoms with van der Waals surface area (Å²) in [6.07, 6.45) is 6.02. The Labute approximate surface area is 174 Å². The molecule has 0 saturated carbocycles. The number of aromatic nitrogens is 2. The van der Waals surface area contributed by atoms with Gasteiger partial charge in [0.05, 0.1) is 16.8 Å². The van der Waals surface area contributed by atoms with Crippen LogP contribution in [-0.4, -0.2) is 46.1 Å². The van der Waals surface area contributed by atoms with Crippen molar-refractivity contribution in [2.24, 2.45) is 5.92 Å². The lowest BCUT2D eigenvalue weighted by atomic mass is 9.95. The number of rotatable bonds is 6. The van der Waals surface area contributed by atoms with Crippen LogP contribution in [0.15, 0.2) is 60.2 Å². The first-order valence-corrected chi connectivity index (χ1v) is 10.8. The zero-order chi connectivity index (χ0) is 20.1. The molecule has 4 rings (SSSR count). The van der Waals surface area contributed by atoms with Crippen LogP contribution in [0.3, 0.4) is 0 Å². The van der Waals surface area contributed by atoms with Gasteiger partial charge in [-0.25, -0.2) is 4.68 Å². The number of hydrogen-bond donors (Lipinski definition) is 1. The number of thiophene rings is 1. The van der Waals surface area contributed by atoms with E-state index in [9.17, 15) is 9.59 Å². The van der Waals surface area contributed by atoms with Crippen molar-refractivity contribution in [1.29, 1.82) is 0 Å². The highest BCUT2D eigenvalue weighted by atomic mass is 32.1. The van der Waals surface area contributed by atoms with E-state index in [1.165, 1.54) is 11.3 Å². The maximum absolute atomic E-state index is 12.5. The average Bonchev–Trinajstić information content (AvgIpc) is 3.46. The predicted molar refractivity (Wildman–Crippen MR) is 113 cm³/mol. The number of carbonyl (C=O) groups excluding carboxylic acids is 2. The summed E-state index contributed by atoms with van der Waals surface area (Å²) in [5.74, 6) is 0.146. The van der Waals surface area contributed by atoms with Gasteiger partial charge in [-0.3, -0.25) is 9.59 Å². The number of nitrogens with zero attached hydrogens (tertiary/aromatic N) is 3. The Kier molecular flexibility index (Phi) is 6.05. The van der Waals surface area contributed by atoms with Gasteiger partial charge in [-0.2, -0.15) is 5.10 Å². The molecule has 1 fully saturated rings. The monoisotopic (exact) mass is 408 g/mol. The topological polar surface area (TPSA) is 67.2 Å². The van der Waals surface area contributed by atoms with Crippen LogP contribution < -0.4 is 5.32 Å². The van der Waals surface area contributed by atoms with E-state index < -0.39 is 0 Å². The Morgan fingerprint density at radius 2 is 1.90 bits per heavy atom. The molecule has 0 bridgehead atoms. The van der Waals surface area contributed by atoms with Crippen molar-refractivity contribution in [3.05, 3.63) is 70.7 Å². The number of likely N-dealkylation sites (tertiary alicyclic amines) is 1. The molecule has 1 saturated heterocycles. The van der Waals surface area contributed by atoms with Crippen molar-refractivity contribution in [3.8, 4) is 5.69 Å². The van der Waals surface area contributed by atoms with Crippen LogP contribution >= 0.6 is 11.3 Å². The van der Waals surface area contributed by atoms with Crippen LogP contribution in [0.2, 0.25) is 0 Å². The van der Waals surface area contributed by atoms with Crippen molar-refractivity contribution < 1.29 is 9.59 Å². The van der Waals surface area contributed by atoms with Gasteiger partial charge in [-0.05, 0) is 48.4 Å². The van der Waals surface area contributed by atoms with Crippen LogP contribution in [0.4, 0.5) is 0 Å². The number of para-hydroxylation sites is 1. The van der Waals surface area contributed by atoms with Crippen LogP contribution in [0.25, 0.3) is 5.69 Å². The van der Waals surface area contributed by atoms with Gasteiger partial charge in [0.1, 0.15) is 0 Å². The number of nitrogens with one attached hydrogen (secondary N) is 1. The molecular weight excluding hydrogens is 384 g/mol. The summed E-state index contributed by atoms with van der Waals surface area (Å²) in [6, 6.07) is 13.7. The zero-order valence-corrected chi connectivity index (χ0v) is 17.0. The van der Waals surface area contributed by atoms with Crippen molar-refractivity contribution in [3.63, 3.8) is 0 Å². The minimum atomic E-state index is -0.0190. The molecule has 0 radical (unpaired) electrons. The highest BCUT2D eigenvalue weighted by molar-refractivity contribution is 7.12. The normalized spacial score (nSPS) is 14.7. The van der Waals surface area contributed by atoms with E-state index in [0.717, 1.165) is 35.4 Å². The van der Waals surface area contributed by atoms with Gasteiger partial charge < -0.3 is 10.2 Å². The second-order valence-electron chi connectivity index (χ2n) is 7.21. The fourth-order valence-corrected chi connectivity index (χ4v) is 4.28. The van der Waals surface area contributed by atoms with Crippen molar-refractivity contribution >= 4 is 23.2 Å². The van der Waals surface area contributed by atoms with Gasteiger partial charge in [-0.1, -0.05) is 24.3 Å². The van der Waals surface area contributed by atoms with Gasteiger partial charge in [0.2, 0.25) is 5.91 Å². The first kappa shape index (κ1) is 19.4. The Bertz CT molecular complexity index is 944. The molecule has 0 unspecified atom stereocenters. The van der Waals surface area contributed by atoms with E-state index >= 15 is 0 Å². The smallest absolute Gasteiger partial charge is 0.263 e. The van der Waals surface area contributed by atoms with Crippen LogP contribution in [0, 0.1) is 5.92 Å². The maximum atomic E-state index is 12.5. The fourth-order valence-electron chi connectivity index (χ4n) is 3.59. The summed E-state index contributed by atoms with van der Waals surface area (Å²) >= 11 is 1.46. The molecule has 0 aliphatic carbocycles. The number of piperidine rings is 1. The van der Waals surface area contributed by atoms with Crippen LogP contribution in [0.1, 0.15) is 28.1 Å². The van der Waals surface area contributed by atoms with Crippen LogP contribution in [0.5, 0.6) is 0 Å². The minimum Gasteiger partial charge on any atom is -0.356 e. The average molecular weight is 409 g/mol. The lowest BCUT2D eigenvalue weighted by molar-refractivity contribution is -0.126. The molecule has 150 valence electrons. The second kappa shape index (κ2) is 9.05. The van der Waals surface area contributed by atoms with Crippen molar-refractivity contribution in [2.75, 3.05) is 19.6 Å². The van der Waals surface area contributed by atoms with Gasteiger partial charge in [0.15, 0.2) is 0 Å². The zero-order valence-electron chi connectivity index (χ0n) is 16.2. The Balaban J connectivity index is 1.21. The lowest BCUT2D eigenvalue weighted by Crippen LogP contribution is -2.43. The summed E-state index contributed by atoms with van der Waals surface area (Å²) in [5, 5.41) is 9.35. The number of benzene rings is 1. The molecule has 29 heavy (non-hydrogen) atoms. The molecule has 1 N–H and O–H groups in total. The molecule has 7 heteroatoms. The SMILES string of the molecule is O=C(NCCc1cnn(-c2ccccc2)c1)C1CCN(C(=O)c2cccs2)CC1. The molecule has 0 spiro atoms. The summed E-state index contributed by atoms with van der Waals surface area (Å²) in [5.41, 5.74) is 2.11. The Hall–Kier alpha value is -2.93. The van der Waals surface area contributed by atoms with Crippen molar-refractivity contribution in [1.82, 2.24) is 20.0 Å². The molecular formula is C22H24N4O2S. The standard InChI is InChI=1S/C22H24N4O2S/c27-21(18-9-12-25(13-10-18)22(28)20-7-4-14-29-20)23-11-8-17-15-24-26(16-17)19-5-2-1-3-6-19/h1-7,14-16,18H,8-13H2,(H,23,27). The fraction of sp³-hybridized carbons (Fsp3) is 0.318. The van der Waals surface area contributed by atoms with Gasteiger partial charge in [0, 0.05) is 31.7 Å². The third kappa shape index (κ3) is 4.74. The molecule has 3 heterocycles. The molecule has 0 atom stereocenters. The molecule has 2 amide bonds. The molecule has 6 nitrogen and oxygen atoms in total. The number of carbonyl (C=O) groups is 2. The third-order valence-electron chi connectivity index (χ3n) is 5.25. The predicted octanol–water partition coefficient (Wildman–Crippen LogP) is 3.14. The van der Waals surface area contributed by atoms with E-state index in [4.69, 9.17) is 0 Å². The lowest BCUT2D eigenvalue weighted by Gasteiger charge is -2.31. The summed E-state index contributed by atoms with van der Waals surface area (Å²) in [4.78, 5) is 27.5. The minimum absolute atomic E-state index is 0.0190. The molecule has 3 aromatic rings. The van der Waals surface area contributed by atoms with Crippen molar-refractivity contribution in [2.45, 2.75) is 19.3 Å². The molecule has 1 aliphatic rings. The molecule has 1 aliphatic heterocycles. The van der Waals surface area contributed by atoms with Gasteiger partial charge in [0.25, 0.3) is 5.91 Å². The van der Waals surface area contributed by atoms with E-state index in [0.29, 0.717) is 19.6 Å². The Morgan fingerprint density at radius 1 is 1.10 bits per heavy atom. The largest absolute Gasteiger partial charge is 0.356 e. The highest BCUT2D eigenvalue weighted by Crippen LogP contribution is 2.21. The second-order valence-corrected chi connectivity index (χ2v) is 8.16. The van der Waals surface area contributed by atoms with Gasteiger partial charge >= 0.3 is 0 Å². The quantitative estimate of drug-likeness (QED) is 0.681. The highest BCUT2D eigenvalue weighted by Gasteiger charge is 2.27. The number of amides is 2. The maximum Gasteiger partial charge on any atom is 0.263 e. The van der Waals surface area contributed by atoms with E-state index in [1.54, 1.807) is 0 Å². The van der Waals surface area contributed by atoms with Gasteiger partial charge in [-0.15, -0.1) is 11.3 Å². The summed E-state index contributed by atoms with van der Waals surface area (Å²) in [6.45, 7) is 1.87. The van der Waals surface area contributed by atoms with Crippen LogP contribution in [-0.2, 0) is 11.2 Å². The summed E-state index contributed by atoms with van der Waals surface area (Å²) < 4.78 is 1.84. The third-order valence-corrected chi connectivity index (χ3v) is 6.11. The Morgan fingerprint density at radius 3 is 2.62 bits per heavy atom. The molecule has 2 aromatic heterocycles. The van der Waals surface area contributed by atoms with E-state index in [-0.39, 0.29) is 17.7 Å². The number of hydrogen-bond acceptors (Lipinski definition) is 4.